The minimum Gasteiger partial charge on any atom is -0.481 e. The van der Waals surface area contributed by atoms with E-state index >= 15 is 0 Å². The van der Waals surface area contributed by atoms with E-state index in [4.69, 9.17) is 9.57 Å². The topological polar surface area (TPSA) is 117 Å². The number of fused-ring (bicyclic) bond motifs is 5. The number of aliphatic hydroxyl groups is 1. The summed E-state index contributed by atoms with van der Waals surface area (Å²) in [5.41, 5.74) is 1.17. The monoisotopic (exact) mass is 556 g/mol. The molecule has 0 aromatic heterocycles. The molecule has 0 radical (unpaired) electrons. The maximum atomic E-state index is 12.7. The number of nitrogens with zero attached hydrogens (tertiary/aromatic N) is 1. The minimum atomic E-state index is -0.937. The number of nitrogens with one attached hydrogen (secondary N) is 1. The van der Waals surface area contributed by atoms with Crippen LogP contribution in [0.15, 0.2) is 29.0 Å². The van der Waals surface area contributed by atoms with Crippen molar-refractivity contribution >= 4 is 17.6 Å². The molecule has 0 aromatic carbocycles. The van der Waals surface area contributed by atoms with Crippen LogP contribution in [0, 0.1) is 34.5 Å². The van der Waals surface area contributed by atoms with Crippen LogP contribution in [-0.4, -0.2) is 58.3 Å². The lowest BCUT2D eigenvalue weighted by atomic mass is 9.47. The van der Waals surface area contributed by atoms with Crippen molar-refractivity contribution in [1.29, 1.82) is 0 Å². The quantitative estimate of drug-likeness (QED) is 0.380. The average Bonchev–Trinajstić information content (AvgIpc) is 3.11. The van der Waals surface area contributed by atoms with Gasteiger partial charge in [-0.2, -0.15) is 0 Å². The van der Waals surface area contributed by atoms with E-state index in [1.807, 2.05) is 26.8 Å². The van der Waals surface area contributed by atoms with Crippen LogP contribution in [0.5, 0.6) is 0 Å². The van der Waals surface area contributed by atoms with E-state index < -0.39 is 17.6 Å². The van der Waals surface area contributed by atoms with Crippen molar-refractivity contribution < 1.29 is 29.4 Å². The molecule has 222 valence electrons. The molecule has 8 unspecified atom stereocenters. The Morgan fingerprint density at radius 1 is 1.12 bits per heavy atom. The molecule has 1 amide bonds. The van der Waals surface area contributed by atoms with Gasteiger partial charge in [-0.3, -0.25) is 9.59 Å². The number of aliphatic carboxylic acids is 1. The van der Waals surface area contributed by atoms with Crippen molar-refractivity contribution in [3.8, 4) is 0 Å². The van der Waals surface area contributed by atoms with Crippen LogP contribution in [0.1, 0.15) is 92.4 Å². The molecule has 1 heterocycles. The Kier molecular flexibility index (Phi) is 7.75. The first-order valence-electron chi connectivity index (χ1n) is 15.2. The van der Waals surface area contributed by atoms with Crippen LogP contribution < -0.4 is 5.32 Å². The van der Waals surface area contributed by atoms with Gasteiger partial charge in [0.2, 0.25) is 0 Å². The molecule has 0 bridgehead atoms. The number of carboxylic acid groups (broad SMARTS) is 1. The number of amides is 1. The van der Waals surface area contributed by atoms with Gasteiger partial charge in [0.25, 0.3) is 5.91 Å². The maximum absolute atomic E-state index is 12.7. The number of allylic oxidation sites excluding steroid dienone is 4. The zero-order valence-corrected chi connectivity index (χ0v) is 24.9. The zero-order chi connectivity index (χ0) is 28.9. The fourth-order valence-electron chi connectivity index (χ4n) is 9.07. The van der Waals surface area contributed by atoms with Gasteiger partial charge in [-0.25, -0.2) is 0 Å². The van der Waals surface area contributed by atoms with Crippen molar-refractivity contribution in [2.24, 2.45) is 39.7 Å². The molecular weight excluding hydrogens is 508 g/mol. The summed E-state index contributed by atoms with van der Waals surface area (Å²) in [5.74, 6) is 0.483. The van der Waals surface area contributed by atoms with Crippen molar-refractivity contribution in [1.82, 2.24) is 5.32 Å². The molecule has 4 fully saturated rings. The molecule has 3 saturated carbocycles. The second kappa shape index (κ2) is 10.6. The molecule has 1 saturated heterocycles. The summed E-state index contributed by atoms with van der Waals surface area (Å²) in [6.07, 6.45) is 14.0. The smallest absolute Gasteiger partial charge is 0.305 e. The van der Waals surface area contributed by atoms with E-state index in [9.17, 15) is 19.8 Å². The molecule has 3 N–H and O–H groups in total. The molecule has 5 rings (SSSR count). The van der Waals surface area contributed by atoms with Gasteiger partial charge in [0.05, 0.1) is 17.6 Å². The fourth-order valence-corrected chi connectivity index (χ4v) is 9.07. The van der Waals surface area contributed by atoms with Crippen molar-refractivity contribution in [3.63, 3.8) is 0 Å². The number of rotatable bonds is 7. The van der Waals surface area contributed by atoms with Crippen LogP contribution >= 0.6 is 0 Å². The first kappa shape index (κ1) is 29.3. The third-order valence-electron chi connectivity index (χ3n) is 11.5. The maximum Gasteiger partial charge on any atom is 0.305 e. The average molecular weight is 557 g/mol. The van der Waals surface area contributed by atoms with Crippen molar-refractivity contribution in [2.75, 3.05) is 13.2 Å². The largest absolute Gasteiger partial charge is 0.481 e. The van der Waals surface area contributed by atoms with Gasteiger partial charge < -0.3 is 25.1 Å². The normalized spacial score (nSPS) is 41.8. The highest BCUT2D eigenvalue weighted by Crippen LogP contribution is 2.66. The van der Waals surface area contributed by atoms with Crippen LogP contribution in [0.25, 0.3) is 0 Å². The lowest BCUT2D eigenvalue weighted by Gasteiger charge is -2.58. The highest BCUT2D eigenvalue weighted by Gasteiger charge is 2.62. The van der Waals surface area contributed by atoms with Gasteiger partial charge in [0.1, 0.15) is 5.71 Å². The van der Waals surface area contributed by atoms with E-state index in [0.717, 1.165) is 38.5 Å². The molecule has 4 aliphatic carbocycles. The minimum absolute atomic E-state index is 0.00952. The van der Waals surface area contributed by atoms with Gasteiger partial charge >= 0.3 is 5.97 Å². The lowest BCUT2D eigenvalue weighted by molar-refractivity contribution is -0.139. The first-order chi connectivity index (χ1) is 18.7. The van der Waals surface area contributed by atoms with E-state index in [1.54, 1.807) is 0 Å². The third kappa shape index (κ3) is 5.38. The second-order valence-corrected chi connectivity index (χ2v) is 14.4. The Hall–Kier alpha value is -2.19. The molecule has 8 heteroatoms. The number of carboxylic acids is 1. The van der Waals surface area contributed by atoms with Gasteiger partial charge in [0, 0.05) is 18.1 Å². The molecular formula is C32H48N2O6. The number of hydrogen-bond acceptors (Lipinski definition) is 6. The zero-order valence-electron chi connectivity index (χ0n) is 24.9. The van der Waals surface area contributed by atoms with Gasteiger partial charge in [-0.1, -0.05) is 30.7 Å². The number of carbonyl (C=O) groups is 2. The lowest BCUT2D eigenvalue weighted by Crippen LogP contribution is -2.53. The molecule has 1 aliphatic heterocycles. The number of ether oxygens (including phenoxy) is 1. The first-order valence-corrected chi connectivity index (χ1v) is 15.2. The van der Waals surface area contributed by atoms with E-state index in [0.29, 0.717) is 42.9 Å². The summed E-state index contributed by atoms with van der Waals surface area (Å²) in [5, 5.41) is 27.7. The van der Waals surface area contributed by atoms with Crippen molar-refractivity contribution in [3.05, 3.63) is 23.8 Å². The number of hydrogen-bond donors (Lipinski definition) is 3. The highest BCUT2D eigenvalue weighted by molar-refractivity contribution is 6.05. The van der Waals surface area contributed by atoms with Crippen LogP contribution in [0.4, 0.5) is 0 Å². The predicted molar refractivity (Wildman–Crippen MR) is 153 cm³/mol. The van der Waals surface area contributed by atoms with Crippen molar-refractivity contribution in [2.45, 2.75) is 110 Å². The highest BCUT2D eigenvalue weighted by atomic mass is 16.6. The molecule has 40 heavy (non-hydrogen) atoms. The van der Waals surface area contributed by atoms with E-state index in [1.165, 1.54) is 5.57 Å². The molecule has 8 atom stereocenters. The molecule has 0 spiro atoms. The summed E-state index contributed by atoms with van der Waals surface area (Å²) in [6, 6.07) is -0.474. The summed E-state index contributed by atoms with van der Waals surface area (Å²) < 4.78 is 5.77. The van der Waals surface area contributed by atoms with Crippen LogP contribution in [-0.2, 0) is 19.2 Å². The van der Waals surface area contributed by atoms with E-state index in [-0.39, 0.29) is 41.3 Å². The second-order valence-electron chi connectivity index (χ2n) is 14.4. The Bertz CT molecular complexity index is 1110. The summed E-state index contributed by atoms with van der Waals surface area (Å²) >= 11 is 0. The van der Waals surface area contributed by atoms with Crippen LogP contribution in [0.3, 0.4) is 0 Å². The van der Waals surface area contributed by atoms with Crippen LogP contribution in [0.2, 0.25) is 0 Å². The molecule has 5 aliphatic rings. The van der Waals surface area contributed by atoms with E-state index in [2.05, 4.69) is 36.5 Å². The summed E-state index contributed by atoms with van der Waals surface area (Å²) in [7, 11) is 0. The SMILES string of the molecule is CC1(C)CC(C(CC(=O)O)NC(=O)CON=C2C=CC3(C)C(=C2)CCC2C3CCC3(C)C2CCC3(C)O)CCO1. The summed E-state index contributed by atoms with van der Waals surface area (Å²) in [4.78, 5) is 29.6. The summed E-state index contributed by atoms with van der Waals surface area (Å²) in [6.45, 7) is 11.0. The number of oxime groups is 1. The van der Waals surface area contributed by atoms with Gasteiger partial charge in [-0.05, 0) is 113 Å². The Balaban J connectivity index is 1.19. The Labute approximate surface area is 238 Å². The van der Waals surface area contributed by atoms with Gasteiger partial charge in [-0.15, -0.1) is 0 Å². The Morgan fingerprint density at radius 2 is 1.88 bits per heavy atom. The molecule has 8 nitrogen and oxygen atoms in total. The van der Waals surface area contributed by atoms with Gasteiger partial charge in [0.15, 0.2) is 6.61 Å². The fraction of sp³-hybridized carbons (Fsp3) is 0.781. The predicted octanol–water partition coefficient (Wildman–Crippen LogP) is 5.01. The number of carbonyl (C=O) groups excluding carboxylic acids is 1. The Morgan fingerprint density at radius 3 is 2.60 bits per heavy atom. The standard InChI is InChI=1S/C32H48N2O6/c1-29(2)18-20(11-15-39-29)26(17-28(36)37)33-27(35)19-40-34-22-8-12-30(3)21(16-22)6-7-23-24(30)9-13-31(4)25(23)10-14-32(31,5)38/h8,12,16,20,23-26,38H,6-7,9-11,13-15,17-19H2,1-5H3,(H,33,35)(H,36,37). The third-order valence-corrected chi connectivity index (χ3v) is 11.5. The molecule has 0 aromatic rings.